The van der Waals surface area contributed by atoms with Crippen molar-refractivity contribution in [1.82, 2.24) is 0 Å². The standard InChI is InChI=1S/C68H58N2O4.C64H52N2O4/c1-50(71)74-66-44-34-58(35-45-66)68(48-10-5-11-49-68)57-32-28-55(29-33-57)67(72)56-30-40-63(41-31-56)69(59-12-6-3-7-13-59)61-36-24-53(25-37-61)22-20-51-16-18-52(19-17-51)21-23-54-26-38-62(39-27-54)70(60-14-8-4-9-15-60)64-42-46-65(73-2)47-43-64;1-46(53-32-42-63(43-33-53)70-47(2)67)52-26-28-54(29-27-52)64(68)55-30-38-60(39-31-55)65(56-10-6-4-7-11-56)58-34-22-50(23-35-58)20-18-48-14-16-49(17-15-48)19-21-51-24-36-59(37-25-51)66(57-12-8-5-9-13-57)61-40-44-62(69-3)45-41-61/h3-4,6-9,12-47H,5,10-11,48-49H2,1-2H3;4-46H,1-3H3/b22-20+,23-21+;20-18+,21-19+. The largest absolute Gasteiger partial charge is 0.497 e. The first kappa shape index (κ1) is 96.3. The molecule has 1 atom stereocenters. The highest BCUT2D eigenvalue weighted by Crippen LogP contribution is 2.47. The molecule has 0 heterocycles. The topological polar surface area (TPSA) is 118 Å². The number of para-hydroxylation sites is 4. The minimum atomic E-state index is -0.346. The lowest BCUT2D eigenvalue weighted by Crippen LogP contribution is -2.30. The molecule has 0 aromatic heterocycles. The fourth-order valence-electron chi connectivity index (χ4n) is 18.5. The number of hydrogen-bond donors (Lipinski definition) is 0. The molecule has 18 aromatic rings. The van der Waals surface area contributed by atoms with Crippen molar-refractivity contribution in [2.45, 2.75) is 64.2 Å². The van der Waals surface area contributed by atoms with Crippen molar-refractivity contribution < 1.29 is 38.1 Å². The van der Waals surface area contributed by atoms with E-state index in [1.54, 1.807) is 26.4 Å². The van der Waals surface area contributed by atoms with Gasteiger partial charge in [0, 0.05) is 116 Å². The lowest BCUT2D eigenvalue weighted by atomic mass is 9.65. The molecule has 1 aliphatic carbocycles. The van der Waals surface area contributed by atoms with Gasteiger partial charge in [0.1, 0.15) is 23.0 Å². The summed E-state index contributed by atoms with van der Waals surface area (Å²) in [6.07, 6.45) is 22.7. The lowest BCUT2D eigenvalue weighted by Gasteiger charge is -2.38. The van der Waals surface area contributed by atoms with Crippen LogP contribution >= 0.6 is 0 Å². The Bertz CT molecular complexity index is 7450. The van der Waals surface area contributed by atoms with E-state index >= 15 is 0 Å². The molecule has 1 unspecified atom stereocenters. The Hall–Kier alpha value is -18.0. The normalized spacial score (nSPS) is 12.4. The van der Waals surface area contributed by atoms with E-state index in [0.29, 0.717) is 33.8 Å². The predicted molar refractivity (Wildman–Crippen MR) is 593 cm³/mol. The molecule has 1 saturated carbocycles. The van der Waals surface area contributed by atoms with E-state index in [2.05, 4.69) is 342 Å². The molecule has 19 rings (SSSR count). The average molecular weight is 1880 g/mol. The van der Waals surface area contributed by atoms with Crippen LogP contribution in [0.15, 0.2) is 461 Å². The van der Waals surface area contributed by atoms with Gasteiger partial charge in [0.15, 0.2) is 11.6 Å². The maximum absolute atomic E-state index is 14.0. The van der Waals surface area contributed by atoms with Crippen LogP contribution in [0.1, 0.15) is 157 Å². The number of ketones is 2. The van der Waals surface area contributed by atoms with Crippen molar-refractivity contribution in [2.75, 3.05) is 33.8 Å². The van der Waals surface area contributed by atoms with E-state index in [1.165, 1.54) is 31.4 Å². The molecule has 0 spiro atoms. The van der Waals surface area contributed by atoms with E-state index < -0.39 is 0 Å². The van der Waals surface area contributed by atoms with Crippen LogP contribution in [0.5, 0.6) is 23.0 Å². The number of hydrogen-bond acceptors (Lipinski definition) is 12. The van der Waals surface area contributed by atoms with Crippen LogP contribution in [0.3, 0.4) is 0 Å². The highest BCUT2D eigenvalue weighted by atomic mass is 16.5. The number of esters is 2. The van der Waals surface area contributed by atoms with Gasteiger partial charge < -0.3 is 38.5 Å². The summed E-state index contributed by atoms with van der Waals surface area (Å²) in [6.45, 7) is 4.92. The van der Waals surface area contributed by atoms with Crippen LogP contribution < -0.4 is 38.5 Å². The van der Waals surface area contributed by atoms with Crippen LogP contribution in [-0.4, -0.2) is 37.7 Å². The van der Waals surface area contributed by atoms with Gasteiger partial charge in [-0.05, 0) is 298 Å². The van der Waals surface area contributed by atoms with Crippen molar-refractivity contribution >= 4 is 140 Å². The molecule has 0 aliphatic heterocycles. The third kappa shape index (κ3) is 23.9. The zero-order chi connectivity index (χ0) is 98.9. The molecule has 0 amide bonds. The van der Waals surface area contributed by atoms with Gasteiger partial charge in [-0.3, -0.25) is 19.2 Å². The zero-order valence-electron chi connectivity index (χ0n) is 81.2. The van der Waals surface area contributed by atoms with Gasteiger partial charge in [-0.25, -0.2) is 0 Å². The predicted octanol–water partition coefficient (Wildman–Crippen LogP) is 33.7. The first-order chi connectivity index (χ1) is 70.6. The quantitative estimate of drug-likeness (QED) is 0.0173. The van der Waals surface area contributed by atoms with Crippen LogP contribution in [0.2, 0.25) is 0 Å². The summed E-state index contributed by atoms with van der Waals surface area (Å²) in [6, 6.07) is 156. The molecule has 1 fully saturated rings. The molecular weight excluding hydrogens is 1770 g/mol. The Morgan fingerprint density at radius 3 is 0.660 bits per heavy atom. The summed E-state index contributed by atoms with van der Waals surface area (Å²) in [5.74, 6) is 2.09. The Labute approximate surface area is 844 Å². The number of benzene rings is 18. The highest BCUT2D eigenvalue weighted by Gasteiger charge is 2.36. The molecule has 18 aromatic carbocycles. The van der Waals surface area contributed by atoms with Crippen molar-refractivity contribution in [2.24, 2.45) is 0 Å². The number of nitrogens with zero attached hydrogens (tertiary/aromatic N) is 4. The molecular formula is C132H110N4O8. The Balaban J connectivity index is 0.000000190. The third-order valence-corrected chi connectivity index (χ3v) is 26.2. The monoisotopic (exact) mass is 1880 g/mol. The summed E-state index contributed by atoms with van der Waals surface area (Å²) in [5.41, 5.74) is 28.2. The van der Waals surface area contributed by atoms with Crippen LogP contribution in [0.4, 0.5) is 68.2 Å². The van der Waals surface area contributed by atoms with E-state index in [1.807, 2.05) is 182 Å². The second-order valence-corrected chi connectivity index (χ2v) is 35.7. The van der Waals surface area contributed by atoms with Gasteiger partial charge in [0.25, 0.3) is 0 Å². The molecule has 144 heavy (non-hydrogen) atoms. The highest BCUT2D eigenvalue weighted by molar-refractivity contribution is 6.10. The van der Waals surface area contributed by atoms with Crippen LogP contribution in [0, 0.1) is 0 Å². The molecule has 706 valence electrons. The summed E-state index contributed by atoms with van der Waals surface area (Å²) in [4.78, 5) is 59.4. The summed E-state index contributed by atoms with van der Waals surface area (Å²) in [7, 11) is 3.37. The van der Waals surface area contributed by atoms with Crippen molar-refractivity contribution in [3.63, 3.8) is 0 Å². The van der Waals surface area contributed by atoms with Gasteiger partial charge in [-0.2, -0.15) is 0 Å². The number of rotatable bonds is 32. The SMILES string of the molecule is COc1ccc(N(c2ccccc2)c2ccc(/C=C/c3ccc(/C=C/c4ccc(N(c5ccccc5)c5ccc(C(=O)c6ccc(C(C)c7ccc(OC(C)=O)cc7)cc6)cc5)cc4)cc3)cc2)cc1.COc1ccc(N(c2ccccc2)c2ccc(/C=C/c3ccc(/C=C/c4ccc(N(c5ccccc5)c5ccc(C(=O)c6ccc(C7(c8ccc(OC(C)=O)cc8)CCCCC7)cc6)cc5)cc4)cc3)cc2)cc1. The summed E-state index contributed by atoms with van der Waals surface area (Å²) < 4.78 is 21.3. The number of methoxy groups -OCH3 is 2. The number of carbonyl (C=O) groups is 4. The van der Waals surface area contributed by atoms with E-state index in [0.717, 1.165) is 161 Å². The first-order valence-corrected chi connectivity index (χ1v) is 48.7. The fourth-order valence-corrected chi connectivity index (χ4v) is 18.5. The Kier molecular flexibility index (Phi) is 30.9. The Morgan fingerprint density at radius 2 is 0.417 bits per heavy atom. The van der Waals surface area contributed by atoms with E-state index in [9.17, 15) is 19.2 Å². The maximum Gasteiger partial charge on any atom is 0.308 e. The van der Waals surface area contributed by atoms with Crippen LogP contribution in [-0.2, 0) is 15.0 Å². The minimum absolute atomic E-state index is 0.0144. The van der Waals surface area contributed by atoms with Crippen molar-refractivity contribution in [1.29, 1.82) is 0 Å². The van der Waals surface area contributed by atoms with Gasteiger partial charge in [-0.1, -0.05) is 317 Å². The maximum atomic E-state index is 14.0. The fraction of sp³-hybridized carbons (Fsp3) is 0.0909. The first-order valence-electron chi connectivity index (χ1n) is 48.7. The number of ether oxygens (including phenoxy) is 4. The molecule has 0 bridgehead atoms. The second kappa shape index (κ2) is 46.2. The summed E-state index contributed by atoms with van der Waals surface area (Å²) >= 11 is 0. The van der Waals surface area contributed by atoms with E-state index in [-0.39, 0.29) is 34.8 Å². The van der Waals surface area contributed by atoms with Gasteiger partial charge in [0.2, 0.25) is 0 Å². The number of anilines is 12. The van der Waals surface area contributed by atoms with E-state index in [4.69, 9.17) is 18.9 Å². The average Bonchev–Trinajstić information content (AvgIpc) is 0.769. The second-order valence-electron chi connectivity index (χ2n) is 35.7. The van der Waals surface area contributed by atoms with Crippen molar-refractivity contribution in [3.05, 3.63) is 550 Å². The lowest BCUT2D eigenvalue weighted by molar-refractivity contribution is -0.132. The van der Waals surface area contributed by atoms with Gasteiger partial charge in [-0.15, -0.1) is 0 Å². The molecule has 12 heteroatoms. The van der Waals surface area contributed by atoms with Crippen molar-refractivity contribution in [3.8, 4) is 23.0 Å². The summed E-state index contributed by atoms with van der Waals surface area (Å²) in [5, 5.41) is 0. The van der Waals surface area contributed by atoms with Crippen LogP contribution in [0.25, 0.3) is 48.6 Å². The Morgan fingerprint density at radius 1 is 0.229 bits per heavy atom. The zero-order valence-corrected chi connectivity index (χ0v) is 81.2. The molecule has 1 aliphatic rings. The minimum Gasteiger partial charge on any atom is -0.497 e. The smallest absolute Gasteiger partial charge is 0.308 e. The number of carbonyl (C=O) groups excluding carboxylic acids is 4. The molecule has 0 saturated heterocycles. The third-order valence-electron chi connectivity index (χ3n) is 26.2. The molecule has 0 N–H and O–H groups in total. The van der Waals surface area contributed by atoms with Gasteiger partial charge >= 0.3 is 11.9 Å². The molecule has 12 nitrogen and oxygen atoms in total. The van der Waals surface area contributed by atoms with Gasteiger partial charge in [0.05, 0.1) is 14.2 Å². The molecule has 0 radical (unpaired) electrons.